The topological polar surface area (TPSA) is 99.0 Å². The Morgan fingerprint density at radius 3 is 2.42 bits per heavy atom. The number of hydrogen-bond acceptors (Lipinski definition) is 6. The van der Waals surface area contributed by atoms with Crippen molar-refractivity contribution in [2.24, 2.45) is 0 Å². The van der Waals surface area contributed by atoms with Gasteiger partial charge >= 0.3 is 5.97 Å². The number of carbonyl (C=O) groups is 2. The normalized spacial score (nSPS) is 12.3. The summed E-state index contributed by atoms with van der Waals surface area (Å²) >= 11 is 0. The van der Waals surface area contributed by atoms with Crippen molar-refractivity contribution < 1.29 is 14.3 Å². The van der Waals surface area contributed by atoms with Crippen LogP contribution in [0.25, 0.3) is 11.8 Å². The number of rotatable bonds is 8. The van der Waals surface area contributed by atoms with Crippen LogP contribution in [0.3, 0.4) is 0 Å². The first-order valence-electron chi connectivity index (χ1n) is 10.0. The van der Waals surface area contributed by atoms with Gasteiger partial charge in [0.25, 0.3) is 5.91 Å². The lowest BCUT2D eigenvalue weighted by atomic mass is 10.0. The monoisotopic (exact) mass is 419 g/mol. The highest BCUT2D eigenvalue weighted by atomic mass is 16.5. The molecule has 3 aromatic rings. The van der Waals surface area contributed by atoms with E-state index in [1.807, 2.05) is 68.4 Å². The molecule has 0 unspecified atom stereocenters. The Labute approximate surface area is 180 Å². The molecule has 1 aromatic heterocycles. The number of nitrogens with one attached hydrogen (secondary N) is 1. The lowest BCUT2D eigenvalue weighted by Crippen LogP contribution is -2.32. The van der Waals surface area contributed by atoms with Crippen LogP contribution < -0.4 is 5.32 Å². The van der Waals surface area contributed by atoms with Gasteiger partial charge < -0.3 is 10.1 Å². The van der Waals surface area contributed by atoms with Crippen molar-refractivity contribution in [3.63, 3.8) is 0 Å². The summed E-state index contributed by atoms with van der Waals surface area (Å²) in [6, 6.07) is 17.1. The van der Waals surface area contributed by atoms with E-state index in [9.17, 15) is 9.59 Å². The van der Waals surface area contributed by atoms with Crippen LogP contribution in [0, 0.1) is 13.8 Å². The molecule has 0 bridgehead atoms. The maximum absolute atomic E-state index is 12.8. The summed E-state index contributed by atoms with van der Waals surface area (Å²) < 4.78 is 6.57. The largest absolute Gasteiger partial charge is 0.451 e. The molecule has 0 aliphatic carbocycles. The fourth-order valence-electron chi connectivity index (χ4n) is 3.03. The second-order valence-electron chi connectivity index (χ2n) is 7.09. The maximum Gasteiger partial charge on any atom is 0.357 e. The number of hydrogen-bond donors (Lipinski definition) is 1. The quantitative estimate of drug-likeness (QED) is 0.445. The van der Waals surface area contributed by atoms with Crippen molar-refractivity contribution in [3.8, 4) is 0 Å². The van der Waals surface area contributed by atoms with Crippen LogP contribution in [-0.4, -0.2) is 38.7 Å². The first-order chi connectivity index (χ1) is 15.0. The van der Waals surface area contributed by atoms with Gasteiger partial charge in [-0.15, -0.1) is 5.10 Å². The number of aryl methyl sites for hydroxylation is 2. The van der Waals surface area contributed by atoms with E-state index in [1.165, 1.54) is 4.68 Å². The van der Waals surface area contributed by atoms with Crippen LogP contribution in [0.2, 0.25) is 0 Å². The first kappa shape index (κ1) is 21.9. The summed E-state index contributed by atoms with van der Waals surface area (Å²) in [6.45, 7) is 5.26. The molecular weight excluding hydrogens is 394 g/mol. The molecule has 0 radical (unpaired) electrons. The summed E-state index contributed by atoms with van der Waals surface area (Å²) in [5.41, 5.74) is 3.04. The molecule has 31 heavy (non-hydrogen) atoms. The molecule has 0 aliphatic rings. The van der Waals surface area contributed by atoms with Gasteiger partial charge in [0, 0.05) is 0 Å². The zero-order chi connectivity index (χ0) is 22.2. The molecule has 1 amide bonds. The van der Waals surface area contributed by atoms with Crippen molar-refractivity contribution >= 4 is 23.6 Å². The van der Waals surface area contributed by atoms with Gasteiger partial charge in [0.05, 0.1) is 6.04 Å². The average molecular weight is 419 g/mol. The molecule has 0 spiro atoms. The lowest BCUT2D eigenvalue weighted by molar-refractivity contribution is -0.143. The number of tetrazole rings is 1. The second-order valence-corrected chi connectivity index (χ2v) is 7.09. The minimum absolute atomic E-state index is 0.118. The number of esters is 1. The van der Waals surface area contributed by atoms with Crippen LogP contribution >= 0.6 is 0 Å². The van der Waals surface area contributed by atoms with Gasteiger partial charge in [-0.3, -0.25) is 4.79 Å². The van der Waals surface area contributed by atoms with Crippen molar-refractivity contribution in [1.29, 1.82) is 0 Å². The molecule has 3 rings (SSSR count). The van der Waals surface area contributed by atoms with Crippen LogP contribution in [0.5, 0.6) is 0 Å². The molecule has 0 saturated carbocycles. The van der Waals surface area contributed by atoms with E-state index in [0.29, 0.717) is 12.2 Å². The van der Waals surface area contributed by atoms with Gasteiger partial charge in [-0.2, -0.15) is 4.68 Å². The van der Waals surface area contributed by atoms with Crippen molar-refractivity contribution in [2.75, 3.05) is 6.61 Å². The fraction of sp³-hybridized carbons (Fsp3) is 0.261. The van der Waals surface area contributed by atoms with Crippen molar-refractivity contribution in [1.82, 2.24) is 25.5 Å². The highest BCUT2D eigenvalue weighted by Gasteiger charge is 2.20. The summed E-state index contributed by atoms with van der Waals surface area (Å²) in [6.07, 6.45) is 2.33. The molecule has 160 valence electrons. The predicted molar refractivity (Wildman–Crippen MR) is 116 cm³/mol. The number of amides is 1. The molecule has 1 N–H and O–H groups in total. The number of aromatic nitrogens is 4. The number of nitrogens with zero attached hydrogens (tertiary/aromatic N) is 4. The number of benzene rings is 2. The third kappa shape index (κ3) is 5.85. The van der Waals surface area contributed by atoms with E-state index >= 15 is 0 Å². The number of ether oxygens (including phenoxy) is 1. The minimum Gasteiger partial charge on any atom is -0.451 e. The van der Waals surface area contributed by atoms with Gasteiger partial charge in [0.1, 0.15) is 0 Å². The molecule has 1 atom stereocenters. The zero-order valence-electron chi connectivity index (χ0n) is 17.8. The van der Waals surface area contributed by atoms with E-state index in [-0.39, 0.29) is 17.6 Å². The van der Waals surface area contributed by atoms with Crippen molar-refractivity contribution in [3.05, 3.63) is 77.1 Å². The summed E-state index contributed by atoms with van der Waals surface area (Å²) in [5, 5.41) is 14.2. The minimum atomic E-state index is -0.696. The predicted octanol–water partition coefficient (Wildman–Crippen LogP) is 3.10. The highest BCUT2D eigenvalue weighted by Crippen LogP contribution is 2.17. The second kappa shape index (κ2) is 10.3. The standard InChI is InChI=1S/C23H25N5O3/c1-4-20(19-12-10-16(2)11-13-19)24-22(29)15-31-23(30)21(28-17(3)25-26-27-28)14-18-8-6-5-7-9-18/h5-14,20H,4,15H2,1-3H3,(H,24,29)/b21-14-/t20-/m1/s1. The fourth-order valence-corrected chi connectivity index (χ4v) is 3.03. The maximum atomic E-state index is 12.8. The summed E-state index contributed by atoms with van der Waals surface area (Å²) in [5.74, 6) is -0.653. The summed E-state index contributed by atoms with van der Waals surface area (Å²) in [4.78, 5) is 25.2. The van der Waals surface area contributed by atoms with E-state index in [4.69, 9.17) is 4.74 Å². The lowest BCUT2D eigenvalue weighted by Gasteiger charge is -2.18. The SMILES string of the molecule is CC[C@@H](NC(=O)COC(=O)/C(=C/c1ccccc1)n1nnnc1C)c1ccc(C)cc1. The molecular formula is C23H25N5O3. The van der Waals surface area contributed by atoms with Crippen LogP contribution in [0.1, 0.15) is 41.9 Å². The van der Waals surface area contributed by atoms with E-state index < -0.39 is 12.6 Å². The third-order valence-electron chi connectivity index (χ3n) is 4.72. The Balaban J connectivity index is 1.69. The van der Waals surface area contributed by atoms with Crippen molar-refractivity contribution in [2.45, 2.75) is 33.2 Å². The molecule has 2 aromatic carbocycles. The zero-order valence-corrected chi connectivity index (χ0v) is 17.8. The highest BCUT2D eigenvalue weighted by molar-refractivity contribution is 6.15. The first-order valence-corrected chi connectivity index (χ1v) is 10.0. The Morgan fingerprint density at radius 1 is 1.10 bits per heavy atom. The molecule has 8 heteroatoms. The van der Waals surface area contributed by atoms with E-state index in [2.05, 4.69) is 20.8 Å². The average Bonchev–Trinajstić information content (AvgIpc) is 3.21. The molecule has 0 saturated heterocycles. The Kier molecular flexibility index (Phi) is 7.26. The smallest absolute Gasteiger partial charge is 0.357 e. The molecule has 0 fully saturated rings. The molecule has 8 nitrogen and oxygen atoms in total. The third-order valence-corrected chi connectivity index (χ3v) is 4.72. The van der Waals surface area contributed by atoms with Gasteiger partial charge in [-0.1, -0.05) is 67.1 Å². The molecule has 1 heterocycles. The Bertz CT molecular complexity index is 1060. The van der Waals surface area contributed by atoms with E-state index in [1.54, 1.807) is 13.0 Å². The Hall–Kier alpha value is -3.81. The van der Waals surface area contributed by atoms with Crippen LogP contribution in [0.4, 0.5) is 0 Å². The number of carbonyl (C=O) groups excluding carboxylic acids is 2. The van der Waals surface area contributed by atoms with Crippen LogP contribution in [-0.2, 0) is 14.3 Å². The van der Waals surface area contributed by atoms with Gasteiger partial charge in [0.2, 0.25) is 0 Å². The van der Waals surface area contributed by atoms with Gasteiger partial charge in [-0.25, -0.2) is 4.79 Å². The van der Waals surface area contributed by atoms with Crippen LogP contribution in [0.15, 0.2) is 54.6 Å². The van der Waals surface area contributed by atoms with Gasteiger partial charge in [0.15, 0.2) is 18.1 Å². The Morgan fingerprint density at radius 2 is 1.81 bits per heavy atom. The van der Waals surface area contributed by atoms with Gasteiger partial charge in [-0.05, 0) is 47.9 Å². The van der Waals surface area contributed by atoms with E-state index in [0.717, 1.165) is 16.7 Å². The summed E-state index contributed by atoms with van der Waals surface area (Å²) in [7, 11) is 0. The molecule has 0 aliphatic heterocycles.